The number of rotatable bonds is 7. The van der Waals surface area contributed by atoms with E-state index in [9.17, 15) is 9.18 Å². The molecule has 1 heterocycles. The molecule has 0 N–H and O–H groups in total. The van der Waals surface area contributed by atoms with Gasteiger partial charge in [-0.05, 0) is 84.2 Å². The van der Waals surface area contributed by atoms with E-state index in [0.29, 0.717) is 19.5 Å². The molecular weight excluding hydrogens is 453 g/mol. The number of ether oxygens (including phenoxy) is 1. The van der Waals surface area contributed by atoms with Crippen LogP contribution in [0.4, 0.5) is 9.18 Å². The van der Waals surface area contributed by atoms with Crippen LogP contribution < -0.4 is 0 Å². The topological polar surface area (TPSA) is 45.1 Å². The minimum absolute atomic E-state index is 0.0276. The molecule has 0 aromatic heterocycles. The Bertz CT molecular complexity index is 1080. The molecule has 196 valence electrons. The fraction of sp³-hybridized carbons (Fsp3) is 0.467. The van der Waals surface area contributed by atoms with Gasteiger partial charge in [0.25, 0.3) is 0 Å². The first-order chi connectivity index (χ1) is 16.8. The second kappa shape index (κ2) is 12.2. The van der Waals surface area contributed by atoms with Gasteiger partial charge in [-0.25, -0.2) is 9.18 Å². The number of benzene rings is 1. The highest BCUT2D eigenvalue weighted by molar-refractivity contribution is 6.09. The summed E-state index contributed by atoms with van der Waals surface area (Å²) in [5.41, 5.74) is 4.97. The Kier molecular flexibility index (Phi) is 9.85. The fourth-order valence-corrected chi connectivity index (χ4v) is 4.50. The Labute approximate surface area is 216 Å². The van der Waals surface area contributed by atoms with Crippen molar-refractivity contribution in [2.75, 3.05) is 13.1 Å². The van der Waals surface area contributed by atoms with Crippen molar-refractivity contribution in [3.8, 4) is 0 Å². The number of carbonyl (C=O) groups excluding carboxylic acids is 1. The lowest BCUT2D eigenvalue weighted by molar-refractivity contribution is -0.00419. The van der Waals surface area contributed by atoms with Crippen LogP contribution in [-0.2, 0) is 4.74 Å². The number of aliphatic imine (C=N–C) groups is 1. The van der Waals surface area contributed by atoms with Gasteiger partial charge in [-0.2, -0.15) is 0 Å². The highest BCUT2D eigenvalue weighted by Gasteiger charge is 2.35. The van der Waals surface area contributed by atoms with E-state index in [2.05, 4.69) is 49.9 Å². The smallest absolute Gasteiger partial charge is 0.410 e. The van der Waals surface area contributed by atoms with Gasteiger partial charge in [0.05, 0.1) is 5.71 Å². The highest BCUT2D eigenvalue weighted by atomic mass is 19.1. The fourth-order valence-electron chi connectivity index (χ4n) is 4.50. The lowest BCUT2D eigenvalue weighted by Gasteiger charge is -2.46. The lowest BCUT2D eigenvalue weighted by Crippen LogP contribution is -2.58. The van der Waals surface area contributed by atoms with Crippen molar-refractivity contribution >= 4 is 17.4 Å². The summed E-state index contributed by atoms with van der Waals surface area (Å²) >= 11 is 0. The summed E-state index contributed by atoms with van der Waals surface area (Å²) in [5.74, 6) is -0.293. The van der Waals surface area contributed by atoms with Crippen LogP contribution in [0.1, 0.15) is 67.4 Å². The average Bonchev–Trinajstić information content (AvgIpc) is 2.79. The van der Waals surface area contributed by atoms with Crippen molar-refractivity contribution in [3.63, 3.8) is 0 Å². The normalized spacial score (nSPS) is 20.1. The molecule has 1 aliphatic rings. The van der Waals surface area contributed by atoms with Gasteiger partial charge in [-0.1, -0.05) is 31.4 Å². The van der Waals surface area contributed by atoms with E-state index < -0.39 is 5.60 Å². The summed E-state index contributed by atoms with van der Waals surface area (Å²) in [5, 5.41) is 0. The summed E-state index contributed by atoms with van der Waals surface area (Å²) in [7, 11) is 0. The van der Waals surface area contributed by atoms with E-state index in [1.54, 1.807) is 6.07 Å². The van der Waals surface area contributed by atoms with Crippen molar-refractivity contribution in [1.29, 1.82) is 0 Å². The van der Waals surface area contributed by atoms with Crippen LogP contribution >= 0.6 is 0 Å². The minimum atomic E-state index is -0.538. The van der Waals surface area contributed by atoms with Crippen molar-refractivity contribution in [2.24, 2.45) is 4.99 Å². The Balaban J connectivity index is 2.42. The zero-order chi connectivity index (χ0) is 27.2. The maximum absolute atomic E-state index is 13.8. The Morgan fingerprint density at radius 2 is 1.81 bits per heavy atom. The van der Waals surface area contributed by atoms with Crippen molar-refractivity contribution in [3.05, 3.63) is 77.9 Å². The summed E-state index contributed by atoms with van der Waals surface area (Å²) in [6, 6.07) is 6.51. The van der Waals surface area contributed by atoms with Gasteiger partial charge in [-0.3, -0.25) is 4.99 Å². The third-order valence-corrected chi connectivity index (χ3v) is 6.38. The molecule has 1 aromatic carbocycles. The first-order valence-corrected chi connectivity index (χ1v) is 12.5. The second-order valence-corrected chi connectivity index (χ2v) is 10.5. The van der Waals surface area contributed by atoms with Gasteiger partial charge < -0.3 is 14.5 Å². The van der Waals surface area contributed by atoms with Gasteiger partial charge in [-0.15, -0.1) is 0 Å². The molecule has 0 saturated carbocycles. The molecule has 5 nitrogen and oxygen atoms in total. The zero-order valence-corrected chi connectivity index (χ0v) is 23.2. The predicted octanol–water partition coefficient (Wildman–Crippen LogP) is 7.38. The number of amides is 1. The summed E-state index contributed by atoms with van der Waals surface area (Å²) in [6.07, 6.45) is 3.77. The molecule has 0 aliphatic carbocycles. The molecule has 0 unspecified atom stereocenters. The van der Waals surface area contributed by atoms with Gasteiger partial charge in [0, 0.05) is 49.1 Å². The van der Waals surface area contributed by atoms with Gasteiger partial charge in [0.1, 0.15) is 11.4 Å². The molecule has 1 aromatic rings. The Hall–Kier alpha value is -3.15. The summed E-state index contributed by atoms with van der Waals surface area (Å²) in [4.78, 5) is 21.6. The van der Waals surface area contributed by atoms with E-state index >= 15 is 0 Å². The second-order valence-electron chi connectivity index (χ2n) is 10.5. The molecule has 2 rings (SSSR count). The number of hydrogen-bond acceptors (Lipinski definition) is 4. The lowest BCUT2D eigenvalue weighted by atomic mass is 9.91. The average molecular weight is 496 g/mol. The number of nitrogens with zero attached hydrogens (tertiary/aromatic N) is 3. The zero-order valence-electron chi connectivity index (χ0n) is 23.2. The molecule has 1 amide bonds. The van der Waals surface area contributed by atoms with Gasteiger partial charge in [0.15, 0.2) is 0 Å². The molecule has 0 bridgehead atoms. The SMILES string of the molecule is C=CN=C(CC(=C)c1cccc(F)c1)C(/C(C)=C\C)=C(\C)N1C[C@@H](C)N(C(=O)OC(C)(C)C)C[C@@H]1C. The number of hydrogen-bond donors (Lipinski definition) is 0. The molecular formula is C30H42FN3O2. The Morgan fingerprint density at radius 3 is 2.36 bits per heavy atom. The van der Waals surface area contributed by atoms with Crippen LogP contribution in [0.15, 0.2) is 71.5 Å². The Morgan fingerprint density at radius 1 is 1.19 bits per heavy atom. The maximum Gasteiger partial charge on any atom is 0.410 e. The van der Waals surface area contributed by atoms with E-state index in [0.717, 1.165) is 33.7 Å². The van der Waals surface area contributed by atoms with Crippen molar-refractivity contribution in [2.45, 2.75) is 79.5 Å². The van der Waals surface area contributed by atoms with Crippen LogP contribution in [-0.4, -0.2) is 52.4 Å². The van der Waals surface area contributed by atoms with Crippen LogP contribution in [0.25, 0.3) is 5.57 Å². The van der Waals surface area contributed by atoms with Gasteiger partial charge in [0.2, 0.25) is 0 Å². The molecule has 1 saturated heterocycles. The van der Waals surface area contributed by atoms with Crippen LogP contribution in [0.5, 0.6) is 0 Å². The molecule has 2 atom stereocenters. The van der Waals surface area contributed by atoms with E-state index in [1.807, 2.05) is 45.6 Å². The molecule has 1 fully saturated rings. The monoisotopic (exact) mass is 495 g/mol. The maximum atomic E-state index is 13.8. The number of halogens is 1. The van der Waals surface area contributed by atoms with Crippen LogP contribution in [0.2, 0.25) is 0 Å². The van der Waals surface area contributed by atoms with Crippen molar-refractivity contribution < 1.29 is 13.9 Å². The number of piperazine rings is 1. The first kappa shape index (κ1) is 29.1. The van der Waals surface area contributed by atoms with Crippen LogP contribution in [0.3, 0.4) is 0 Å². The summed E-state index contributed by atoms with van der Waals surface area (Å²) in [6.45, 7) is 25.2. The van der Waals surface area contributed by atoms with E-state index in [1.165, 1.54) is 18.3 Å². The third-order valence-electron chi connectivity index (χ3n) is 6.38. The molecule has 0 radical (unpaired) electrons. The standard InChI is InChI=1S/C30H42FN3O2/c1-11-20(3)28(27(32-12-2)16-21(4)25-14-13-15-26(31)17-25)24(7)33-18-23(6)34(19-22(33)5)29(35)36-30(8,9)10/h11-15,17,22-23H,2,4,16,18-19H2,1,3,5-10H3/b20-11-,28-24+,32-27?/t22-,23+/m0/s1. The predicted molar refractivity (Wildman–Crippen MR) is 148 cm³/mol. The van der Waals surface area contributed by atoms with E-state index in [4.69, 9.17) is 4.74 Å². The van der Waals surface area contributed by atoms with E-state index in [-0.39, 0.29) is 24.0 Å². The molecule has 1 aliphatic heterocycles. The quantitative estimate of drug-likeness (QED) is 0.293. The minimum Gasteiger partial charge on any atom is -0.444 e. The third kappa shape index (κ3) is 7.42. The molecule has 36 heavy (non-hydrogen) atoms. The number of carbonyl (C=O) groups is 1. The van der Waals surface area contributed by atoms with Gasteiger partial charge >= 0.3 is 6.09 Å². The molecule has 0 spiro atoms. The van der Waals surface area contributed by atoms with Crippen LogP contribution in [0, 0.1) is 5.82 Å². The molecule has 6 heteroatoms. The summed E-state index contributed by atoms with van der Waals surface area (Å²) < 4.78 is 19.5. The highest BCUT2D eigenvalue weighted by Crippen LogP contribution is 2.30. The first-order valence-electron chi connectivity index (χ1n) is 12.5. The number of allylic oxidation sites excluding steroid dienone is 5. The largest absolute Gasteiger partial charge is 0.444 e. The van der Waals surface area contributed by atoms with Crippen molar-refractivity contribution in [1.82, 2.24) is 9.80 Å².